The maximum Gasteiger partial charge on any atom is 0.245 e. The fraction of sp³-hybridized carbons (Fsp3) is 0.846. The fourth-order valence-corrected chi connectivity index (χ4v) is 2.60. The molecule has 17 heavy (non-hydrogen) atoms. The van der Waals surface area contributed by atoms with Crippen LogP contribution in [0.5, 0.6) is 0 Å². The fourth-order valence-electron chi connectivity index (χ4n) is 2.60. The number of nitrogens with zero attached hydrogens (tertiary/aromatic N) is 2. The lowest BCUT2D eigenvalue weighted by Gasteiger charge is -2.29. The molecule has 4 heteroatoms. The molecule has 1 aliphatic heterocycles. The predicted octanol–water partition coefficient (Wildman–Crippen LogP) is 1.26. The summed E-state index contributed by atoms with van der Waals surface area (Å²) in [4.78, 5) is 28.0. The predicted molar refractivity (Wildman–Crippen MR) is 65.4 cm³/mol. The van der Waals surface area contributed by atoms with Gasteiger partial charge in [-0.25, -0.2) is 0 Å². The van der Waals surface area contributed by atoms with Crippen molar-refractivity contribution in [1.29, 1.82) is 0 Å². The first-order valence-electron chi connectivity index (χ1n) is 6.78. The van der Waals surface area contributed by atoms with E-state index in [0.717, 1.165) is 45.3 Å². The third kappa shape index (κ3) is 2.45. The summed E-state index contributed by atoms with van der Waals surface area (Å²) in [6, 6.07) is -0.178. The molecule has 1 aliphatic carbocycles. The van der Waals surface area contributed by atoms with Crippen LogP contribution in [0.4, 0.5) is 0 Å². The van der Waals surface area contributed by atoms with E-state index in [1.54, 1.807) is 0 Å². The molecule has 0 N–H and O–H groups in total. The summed E-state index contributed by atoms with van der Waals surface area (Å²) in [6.45, 7) is 6.22. The third-order valence-electron chi connectivity index (χ3n) is 3.82. The molecule has 2 amide bonds. The largest absolute Gasteiger partial charge is 0.341 e. The number of carbonyl (C=O) groups is 2. The van der Waals surface area contributed by atoms with Gasteiger partial charge in [-0.2, -0.15) is 0 Å². The molecule has 0 aromatic carbocycles. The first-order chi connectivity index (χ1) is 8.19. The topological polar surface area (TPSA) is 40.6 Å². The average molecular weight is 238 g/mol. The molecule has 1 saturated heterocycles. The van der Waals surface area contributed by atoms with Gasteiger partial charge >= 0.3 is 0 Å². The van der Waals surface area contributed by atoms with Crippen LogP contribution in [0.15, 0.2) is 0 Å². The van der Waals surface area contributed by atoms with Crippen molar-refractivity contribution in [2.75, 3.05) is 19.6 Å². The minimum Gasteiger partial charge on any atom is -0.341 e. The maximum absolute atomic E-state index is 12.3. The number of hydrogen-bond donors (Lipinski definition) is 0. The second kappa shape index (κ2) is 5.07. The summed E-state index contributed by atoms with van der Waals surface area (Å²) in [5.41, 5.74) is 0. The molecule has 0 aromatic heterocycles. The molecule has 96 valence electrons. The molecule has 2 aliphatic rings. The molecule has 0 bridgehead atoms. The SMILES string of the molecule is CCN(CC)C(=O)C1CCCN1C(=O)C1CC1. The maximum atomic E-state index is 12.3. The zero-order valence-electron chi connectivity index (χ0n) is 10.8. The normalized spacial score (nSPS) is 23.9. The lowest BCUT2D eigenvalue weighted by atomic mass is 10.2. The number of carbonyl (C=O) groups excluding carboxylic acids is 2. The molecular weight excluding hydrogens is 216 g/mol. The summed E-state index contributed by atoms with van der Waals surface area (Å²) < 4.78 is 0. The number of rotatable bonds is 4. The third-order valence-corrected chi connectivity index (χ3v) is 3.82. The average Bonchev–Trinajstić information content (AvgIpc) is 3.06. The van der Waals surface area contributed by atoms with Crippen molar-refractivity contribution in [3.8, 4) is 0 Å². The van der Waals surface area contributed by atoms with Crippen LogP contribution < -0.4 is 0 Å². The Balaban J connectivity index is 2.02. The molecule has 0 spiro atoms. The van der Waals surface area contributed by atoms with E-state index in [1.165, 1.54) is 0 Å². The van der Waals surface area contributed by atoms with Crippen LogP contribution >= 0.6 is 0 Å². The molecule has 1 unspecified atom stereocenters. The Labute approximate surface area is 103 Å². The van der Waals surface area contributed by atoms with Crippen molar-refractivity contribution in [3.05, 3.63) is 0 Å². The molecule has 1 heterocycles. The van der Waals surface area contributed by atoms with Crippen molar-refractivity contribution in [2.24, 2.45) is 5.92 Å². The van der Waals surface area contributed by atoms with E-state index in [2.05, 4.69) is 0 Å². The van der Waals surface area contributed by atoms with Gasteiger partial charge in [0.15, 0.2) is 0 Å². The van der Waals surface area contributed by atoms with Gasteiger partial charge in [0.25, 0.3) is 0 Å². The van der Waals surface area contributed by atoms with E-state index < -0.39 is 0 Å². The number of likely N-dealkylation sites (N-methyl/N-ethyl adjacent to an activating group) is 1. The van der Waals surface area contributed by atoms with Gasteiger partial charge in [-0.1, -0.05) is 0 Å². The summed E-state index contributed by atoms with van der Waals surface area (Å²) in [6.07, 6.45) is 3.84. The summed E-state index contributed by atoms with van der Waals surface area (Å²) in [5.74, 6) is 0.578. The van der Waals surface area contributed by atoms with Gasteiger partial charge in [-0.15, -0.1) is 0 Å². The number of amides is 2. The van der Waals surface area contributed by atoms with Crippen molar-refractivity contribution < 1.29 is 9.59 Å². The van der Waals surface area contributed by atoms with E-state index in [0.29, 0.717) is 0 Å². The second-order valence-corrected chi connectivity index (χ2v) is 4.97. The molecule has 2 fully saturated rings. The molecular formula is C13H22N2O2. The van der Waals surface area contributed by atoms with Gasteiger partial charge in [-0.3, -0.25) is 9.59 Å². The zero-order chi connectivity index (χ0) is 12.4. The summed E-state index contributed by atoms with van der Waals surface area (Å²) >= 11 is 0. The van der Waals surface area contributed by atoms with Crippen LogP contribution in [0.2, 0.25) is 0 Å². The van der Waals surface area contributed by atoms with Crippen LogP contribution in [-0.4, -0.2) is 47.3 Å². The van der Waals surface area contributed by atoms with Crippen molar-refractivity contribution in [1.82, 2.24) is 9.80 Å². The monoisotopic (exact) mass is 238 g/mol. The molecule has 2 rings (SSSR count). The Kier molecular flexibility index (Phi) is 3.69. The number of hydrogen-bond acceptors (Lipinski definition) is 2. The van der Waals surface area contributed by atoms with E-state index in [1.807, 2.05) is 23.6 Å². The van der Waals surface area contributed by atoms with Gasteiger partial charge in [0.1, 0.15) is 6.04 Å². The van der Waals surface area contributed by atoms with Gasteiger partial charge in [-0.05, 0) is 39.5 Å². The first kappa shape index (κ1) is 12.4. The summed E-state index contributed by atoms with van der Waals surface area (Å²) in [5, 5.41) is 0. The van der Waals surface area contributed by atoms with Crippen molar-refractivity contribution >= 4 is 11.8 Å². The van der Waals surface area contributed by atoms with Gasteiger partial charge < -0.3 is 9.80 Å². The quantitative estimate of drug-likeness (QED) is 0.739. The first-order valence-corrected chi connectivity index (χ1v) is 6.78. The van der Waals surface area contributed by atoms with Crippen LogP contribution in [-0.2, 0) is 9.59 Å². The highest BCUT2D eigenvalue weighted by atomic mass is 16.2. The van der Waals surface area contributed by atoms with Gasteiger partial charge in [0, 0.05) is 25.6 Å². The number of likely N-dealkylation sites (tertiary alicyclic amines) is 1. The van der Waals surface area contributed by atoms with E-state index >= 15 is 0 Å². The highest BCUT2D eigenvalue weighted by Gasteiger charge is 2.41. The van der Waals surface area contributed by atoms with E-state index in [4.69, 9.17) is 0 Å². The van der Waals surface area contributed by atoms with Crippen molar-refractivity contribution in [3.63, 3.8) is 0 Å². The molecule has 0 aromatic rings. The van der Waals surface area contributed by atoms with E-state index in [9.17, 15) is 9.59 Å². The van der Waals surface area contributed by atoms with Gasteiger partial charge in [0.05, 0.1) is 0 Å². The van der Waals surface area contributed by atoms with Crippen LogP contribution in [0.1, 0.15) is 39.5 Å². The minimum atomic E-state index is -0.178. The Morgan fingerprint density at radius 1 is 1.18 bits per heavy atom. The lowest BCUT2D eigenvalue weighted by Crippen LogP contribution is -2.48. The minimum absolute atomic E-state index is 0.140. The zero-order valence-corrected chi connectivity index (χ0v) is 10.8. The highest BCUT2D eigenvalue weighted by molar-refractivity contribution is 5.90. The van der Waals surface area contributed by atoms with Crippen molar-refractivity contribution in [2.45, 2.75) is 45.6 Å². The van der Waals surface area contributed by atoms with Crippen LogP contribution in [0.25, 0.3) is 0 Å². The molecule has 1 atom stereocenters. The molecule has 1 saturated carbocycles. The van der Waals surface area contributed by atoms with Crippen LogP contribution in [0.3, 0.4) is 0 Å². The smallest absolute Gasteiger partial charge is 0.245 e. The van der Waals surface area contributed by atoms with Gasteiger partial charge in [0.2, 0.25) is 11.8 Å². The van der Waals surface area contributed by atoms with Crippen LogP contribution in [0, 0.1) is 5.92 Å². The Morgan fingerprint density at radius 2 is 1.82 bits per heavy atom. The highest BCUT2D eigenvalue weighted by Crippen LogP contribution is 2.34. The molecule has 4 nitrogen and oxygen atoms in total. The lowest BCUT2D eigenvalue weighted by molar-refractivity contribution is -0.144. The Hall–Kier alpha value is -1.06. The second-order valence-electron chi connectivity index (χ2n) is 4.97. The van der Waals surface area contributed by atoms with E-state index in [-0.39, 0.29) is 23.8 Å². The summed E-state index contributed by atoms with van der Waals surface area (Å²) in [7, 11) is 0. The Bertz CT molecular complexity index is 309. The molecule has 0 radical (unpaired) electrons. The Morgan fingerprint density at radius 3 is 2.35 bits per heavy atom. The standard InChI is InChI=1S/C13H22N2O2/c1-3-14(4-2)13(17)11-6-5-9-15(11)12(16)10-7-8-10/h10-11H,3-9H2,1-2H3.